The van der Waals surface area contributed by atoms with Crippen LogP contribution in [0.1, 0.15) is 25.0 Å². The molecule has 0 unspecified atom stereocenters. The van der Waals surface area contributed by atoms with Gasteiger partial charge >= 0.3 is 0 Å². The molecule has 0 fully saturated rings. The lowest BCUT2D eigenvalue weighted by molar-refractivity contribution is 0.318. The molecule has 1 N–H and O–H groups in total. The highest BCUT2D eigenvalue weighted by Crippen LogP contribution is 2.29. The van der Waals surface area contributed by atoms with Gasteiger partial charge in [-0.2, -0.15) is 0 Å². The number of nitrogens with zero attached hydrogens (tertiary/aromatic N) is 1. The summed E-state index contributed by atoms with van der Waals surface area (Å²) in [5.74, 6) is 0.618. The number of ether oxygens (including phenoxy) is 1. The largest absolute Gasteiger partial charge is 0.504 e. The number of para-hydroxylation sites is 2. The van der Waals surface area contributed by atoms with E-state index >= 15 is 0 Å². The molecule has 104 valence electrons. The Morgan fingerprint density at radius 1 is 1.10 bits per heavy atom. The van der Waals surface area contributed by atoms with Crippen LogP contribution >= 0.6 is 0 Å². The maximum atomic E-state index is 10.1. The molecule has 2 rings (SSSR count). The van der Waals surface area contributed by atoms with Crippen LogP contribution in [0, 0.1) is 0 Å². The zero-order valence-corrected chi connectivity index (χ0v) is 11.8. The number of phenols is 1. The average Bonchev–Trinajstić information content (AvgIpc) is 2.48. The Morgan fingerprint density at radius 2 is 1.90 bits per heavy atom. The van der Waals surface area contributed by atoms with Gasteiger partial charge in [0.15, 0.2) is 11.5 Å². The molecule has 0 aliphatic carbocycles. The van der Waals surface area contributed by atoms with E-state index in [9.17, 15) is 5.11 Å². The molecule has 0 atom stereocenters. The fraction of sp³-hybridized carbons (Fsp3) is 0.235. The zero-order valence-electron chi connectivity index (χ0n) is 11.8. The van der Waals surface area contributed by atoms with Gasteiger partial charge < -0.3 is 9.84 Å². The molecule has 0 aliphatic heterocycles. The van der Waals surface area contributed by atoms with Crippen molar-refractivity contribution in [1.29, 1.82) is 0 Å². The molecule has 2 aromatic rings. The van der Waals surface area contributed by atoms with Crippen LogP contribution in [0.3, 0.4) is 0 Å². The minimum Gasteiger partial charge on any atom is -0.504 e. The van der Waals surface area contributed by atoms with E-state index in [4.69, 9.17) is 4.74 Å². The van der Waals surface area contributed by atoms with Gasteiger partial charge in [0, 0.05) is 11.8 Å². The van der Waals surface area contributed by atoms with Crippen molar-refractivity contribution in [3.63, 3.8) is 0 Å². The van der Waals surface area contributed by atoms with Crippen molar-refractivity contribution in [3.05, 3.63) is 53.6 Å². The number of aliphatic imine (C=N–C) groups is 1. The van der Waals surface area contributed by atoms with E-state index in [1.54, 1.807) is 12.3 Å². The SMILES string of the molecule is CCOc1cccc(C=Nc2ccccc2CC)c1O. The van der Waals surface area contributed by atoms with Gasteiger partial charge in [-0.15, -0.1) is 0 Å². The van der Waals surface area contributed by atoms with E-state index in [2.05, 4.69) is 18.0 Å². The Hall–Kier alpha value is -2.29. The zero-order chi connectivity index (χ0) is 14.4. The van der Waals surface area contributed by atoms with Crippen LogP contribution in [0.25, 0.3) is 0 Å². The molecule has 0 aliphatic rings. The molecule has 0 bridgehead atoms. The molecule has 20 heavy (non-hydrogen) atoms. The smallest absolute Gasteiger partial charge is 0.166 e. The summed E-state index contributed by atoms with van der Waals surface area (Å²) in [6.45, 7) is 4.51. The van der Waals surface area contributed by atoms with Gasteiger partial charge in [-0.25, -0.2) is 0 Å². The Balaban J connectivity index is 2.29. The summed E-state index contributed by atoms with van der Waals surface area (Å²) >= 11 is 0. The molecule has 0 amide bonds. The number of hydrogen-bond donors (Lipinski definition) is 1. The Labute approximate surface area is 119 Å². The van der Waals surface area contributed by atoms with Gasteiger partial charge in [-0.3, -0.25) is 4.99 Å². The van der Waals surface area contributed by atoms with E-state index in [1.807, 2.05) is 37.3 Å². The van der Waals surface area contributed by atoms with Gasteiger partial charge in [-0.1, -0.05) is 31.2 Å². The summed E-state index contributed by atoms with van der Waals surface area (Å²) in [5, 5.41) is 10.1. The highest BCUT2D eigenvalue weighted by Gasteiger charge is 2.06. The first-order chi connectivity index (χ1) is 9.76. The van der Waals surface area contributed by atoms with Gasteiger partial charge in [0.1, 0.15) is 0 Å². The molecule has 0 saturated carbocycles. The topological polar surface area (TPSA) is 41.8 Å². The molecule has 0 heterocycles. The first-order valence-electron chi connectivity index (χ1n) is 6.83. The van der Waals surface area contributed by atoms with Crippen LogP contribution in [0.2, 0.25) is 0 Å². The molecule has 0 aromatic heterocycles. The number of benzene rings is 2. The lowest BCUT2D eigenvalue weighted by Crippen LogP contribution is -1.93. The maximum absolute atomic E-state index is 10.1. The standard InChI is InChI=1S/C17H19NO2/c1-3-13-8-5-6-10-15(13)18-12-14-9-7-11-16(17(14)19)20-4-2/h5-12,19H,3-4H2,1-2H3. The third kappa shape index (κ3) is 3.18. The molecular formula is C17H19NO2. The highest BCUT2D eigenvalue weighted by atomic mass is 16.5. The van der Waals surface area contributed by atoms with Crippen molar-refractivity contribution < 1.29 is 9.84 Å². The number of aromatic hydroxyl groups is 1. The van der Waals surface area contributed by atoms with Crippen LogP contribution in [0.4, 0.5) is 5.69 Å². The Kier molecular flexibility index (Phi) is 4.77. The van der Waals surface area contributed by atoms with E-state index in [0.717, 1.165) is 12.1 Å². The minimum absolute atomic E-state index is 0.132. The van der Waals surface area contributed by atoms with E-state index < -0.39 is 0 Å². The fourth-order valence-electron chi connectivity index (χ4n) is 1.99. The van der Waals surface area contributed by atoms with Gasteiger partial charge in [0.25, 0.3) is 0 Å². The van der Waals surface area contributed by atoms with Crippen LogP contribution in [-0.4, -0.2) is 17.9 Å². The van der Waals surface area contributed by atoms with Gasteiger partial charge in [-0.05, 0) is 37.1 Å². The lowest BCUT2D eigenvalue weighted by Gasteiger charge is -2.07. The molecule has 2 aromatic carbocycles. The summed E-state index contributed by atoms with van der Waals surface area (Å²) in [5.41, 5.74) is 2.77. The highest BCUT2D eigenvalue weighted by molar-refractivity contribution is 5.86. The molecule has 0 saturated heterocycles. The lowest BCUT2D eigenvalue weighted by atomic mass is 10.1. The normalized spacial score (nSPS) is 10.9. The summed E-state index contributed by atoms with van der Waals surface area (Å²) in [6, 6.07) is 13.4. The molecule has 0 spiro atoms. The number of hydrogen-bond acceptors (Lipinski definition) is 3. The summed E-state index contributed by atoms with van der Waals surface area (Å²) < 4.78 is 5.36. The van der Waals surface area contributed by atoms with Crippen LogP contribution < -0.4 is 4.74 Å². The molecular weight excluding hydrogens is 250 g/mol. The quantitative estimate of drug-likeness (QED) is 0.830. The van der Waals surface area contributed by atoms with Crippen LogP contribution in [-0.2, 0) is 6.42 Å². The molecule has 3 nitrogen and oxygen atoms in total. The third-order valence-electron chi connectivity index (χ3n) is 3.05. The second-order valence-electron chi connectivity index (χ2n) is 4.37. The first kappa shape index (κ1) is 14.1. The number of rotatable bonds is 5. The van der Waals surface area contributed by atoms with Crippen molar-refractivity contribution in [1.82, 2.24) is 0 Å². The summed E-state index contributed by atoms with van der Waals surface area (Å²) in [6.07, 6.45) is 2.60. The predicted octanol–water partition coefficient (Wildman–Crippen LogP) is 4.10. The molecule has 3 heteroatoms. The molecule has 0 radical (unpaired) electrons. The van der Waals surface area contributed by atoms with Crippen LogP contribution in [0.5, 0.6) is 11.5 Å². The van der Waals surface area contributed by atoms with Crippen molar-refractivity contribution in [3.8, 4) is 11.5 Å². The van der Waals surface area contributed by atoms with Gasteiger partial charge in [0.2, 0.25) is 0 Å². The van der Waals surface area contributed by atoms with Crippen molar-refractivity contribution in [2.75, 3.05) is 6.61 Å². The monoisotopic (exact) mass is 269 g/mol. The number of aryl methyl sites for hydroxylation is 1. The van der Waals surface area contributed by atoms with Crippen molar-refractivity contribution in [2.45, 2.75) is 20.3 Å². The maximum Gasteiger partial charge on any atom is 0.166 e. The summed E-state index contributed by atoms with van der Waals surface area (Å²) in [7, 11) is 0. The van der Waals surface area contributed by atoms with E-state index in [1.165, 1.54) is 5.56 Å². The number of phenolic OH excluding ortho intramolecular Hbond substituents is 1. The van der Waals surface area contributed by atoms with Crippen LogP contribution in [0.15, 0.2) is 47.5 Å². The first-order valence-corrected chi connectivity index (χ1v) is 6.83. The Bertz CT molecular complexity index is 606. The van der Waals surface area contributed by atoms with Gasteiger partial charge in [0.05, 0.1) is 12.3 Å². The van der Waals surface area contributed by atoms with Crippen molar-refractivity contribution in [2.24, 2.45) is 4.99 Å². The Morgan fingerprint density at radius 3 is 2.65 bits per heavy atom. The van der Waals surface area contributed by atoms with E-state index in [0.29, 0.717) is 17.9 Å². The second-order valence-corrected chi connectivity index (χ2v) is 4.37. The van der Waals surface area contributed by atoms with Crippen molar-refractivity contribution >= 4 is 11.9 Å². The predicted molar refractivity (Wildman–Crippen MR) is 82.3 cm³/mol. The minimum atomic E-state index is 0.132. The van der Waals surface area contributed by atoms with E-state index in [-0.39, 0.29) is 5.75 Å². The fourth-order valence-corrected chi connectivity index (χ4v) is 1.99. The summed E-state index contributed by atoms with van der Waals surface area (Å²) in [4.78, 5) is 4.47. The second kappa shape index (κ2) is 6.75. The third-order valence-corrected chi connectivity index (χ3v) is 3.05. The average molecular weight is 269 g/mol.